The lowest BCUT2D eigenvalue weighted by molar-refractivity contribution is -0.108. The first-order valence-electron chi connectivity index (χ1n) is 6.89. The smallest absolute Gasteiger partial charge is 0.138 e. The zero-order valence-corrected chi connectivity index (χ0v) is 12.2. The lowest BCUT2D eigenvalue weighted by atomic mass is 9.91. The van der Waals surface area contributed by atoms with Crippen LogP contribution in [0.4, 0.5) is 0 Å². The van der Waals surface area contributed by atoms with Crippen molar-refractivity contribution in [2.45, 2.75) is 40.0 Å². The quantitative estimate of drug-likeness (QED) is 0.642. The van der Waals surface area contributed by atoms with Crippen LogP contribution in [0.5, 0.6) is 0 Å². The molecule has 1 atom stereocenters. The zero-order valence-electron chi connectivity index (χ0n) is 12.2. The molecule has 0 fully saturated rings. The summed E-state index contributed by atoms with van der Waals surface area (Å²) in [6.45, 7) is 8.00. The maximum Gasteiger partial charge on any atom is 0.138 e. The summed E-state index contributed by atoms with van der Waals surface area (Å²) in [5.74, 6) is 1.87. The van der Waals surface area contributed by atoms with Gasteiger partial charge in [-0.05, 0) is 38.8 Å². The minimum absolute atomic E-state index is 0.112. The van der Waals surface area contributed by atoms with Crippen LogP contribution in [0.1, 0.15) is 41.9 Å². The average Bonchev–Trinajstić information content (AvgIpc) is 2.93. The molecule has 0 bridgehead atoms. The largest absolute Gasteiger partial charge is 0.461 e. The summed E-state index contributed by atoms with van der Waals surface area (Å²) in [5.41, 5.74) is 3.98. The van der Waals surface area contributed by atoms with Gasteiger partial charge in [0, 0.05) is 28.3 Å². The summed E-state index contributed by atoms with van der Waals surface area (Å²) in [6.07, 6.45) is 1.45. The Bertz CT molecular complexity index is 747. The van der Waals surface area contributed by atoms with E-state index in [1.54, 1.807) is 0 Å². The second-order valence-corrected chi connectivity index (χ2v) is 5.54. The molecule has 3 aromatic rings. The fraction of sp³-hybridized carbons (Fsp3) is 0.353. The molecule has 20 heavy (non-hydrogen) atoms. The van der Waals surface area contributed by atoms with Crippen LogP contribution in [0.3, 0.4) is 0 Å². The van der Waals surface area contributed by atoms with Gasteiger partial charge in [-0.15, -0.1) is 0 Å². The number of rotatable bonds is 3. The SMILES string of the molecule is Cc1cc2c(C(C)CC=O)c3oc(C)cc3c(C)c2o1. The van der Waals surface area contributed by atoms with Gasteiger partial charge >= 0.3 is 0 Å². The second-order valence-electron chi connectivity index (χ2n) is 5.54. The highest BCUT2D eigenvalue weighted by atomic mass is 16.3. The van der Waals surface area contributed by atoms with E-state index in [4.69, 9.17) is 8.83 Å². The number of benzene rings is 1. The molecule has 0 saturated heterocycles. The maximum atomic E-state index is 10.9. The molecule has 3 nitrogen and oxygen atoms in total. The van der Waals surface area contributed by atoms with Crippen LogP contribution in [0.25, 0.3) is 21.9 Å². The van der Waals surface area contributed by atoms with Crippen LogP contribution in [-0.2, 0) is 4.79 Å². The number of fused-ring (bicyclic) bond motifs is 2. The number of aryl methyl sites for hydroxylation is 3. The number of hydrogen-bond donors (Lipinski definition) is 0. The Kier molecular flexibility index (Phi) is 2.93. The van der Waals surface area contributed by atoms with Gasteiger partial charge in [-0.2, -0.15) is 0 Å². The molecule has 0 N–H and O–H groups in total. The van der Waals surface area contributed by atoms with Gasteiger partial charge in [0.15, 0.2) is 0 Å². The van der Waals surface area contributed by atoms with E-state index in [1.165, 1.54) is 0 Å². The van der Waals surface area contributed by atoms with Gasteiger partial charge in [-0.1, -0.05) is 6.92 Å². The maximum absolute atomic E-state index is 10.9. The van der Waals surface area contributed by atoms with Gasteiger partial charge in [-0.25, -0.2) is 0 Å². The molecule has 1 unspecified atom stereocenters. The van der Waals surface area contributed by atoms with E-state index in [1.807, 2.05) is 26.0 Å². The predicted molar refractivity (Wildman–Crippen MR) is 79.3 cm³/mol. The number of hydrogen-bond acceptors (Lipinski definition) is 3. The lowest BCUT2D eigenvalue weighted by Crippen LogP contribution is -1.97. The molecule has 0 aliphatic rings. The number of aldehydes is 1. The summed E-state index contributed by atoms with van der Waals surface area (Å²) in [6, 6.07) is 4.08. The third-order valence-electron chi connectivity index (χ3n) is 3.93. The van der Waals surface area contributed by atoms with Crippen molar-refractivity contribution in [2.75, 3.05) is 0 Å². The van der Waals surface area contributed by atoms with Crippen LogP contribution in [0.15, 0.2) is 21.0 Å². The van der Waals surface area contributed by atoms with Crippen molar-refractivity contribution < 1.29 is 13.6 Å². The van der Waals surface area contributed by atoms with Crippen molar-refractivity contribution in [1.82, 2.24) is 0 Å². The molecule has 0 amide bonds. The minimum atomic E-state index is 0.112. The van der Waals surface area contributed by atoms with Crippen molar-refractivity contribution in [3.05, 3.63) is 34.8 Å². The summed E-state index contributed by atoms with van der Waals surface area (Å²) in [7, 11) is 0. The van der Waals surface area contributed by atoms with E-state index in [0.29, 0.717) is 6.42 Å². The molecular weight excluding hydrogens is 252 g/mol. The van der Waals surface area contributed by atoms with Crippen molar-refractivity contribution >= 4 is 28.2 Å². The van der Waals surface area contributed by atoms with Crippen molar-refractivity contribution in [1.29, 1.82) is 0 Å². The van der Waals surface area contributed by atoms with E-state index >= 15 is 0 Å². The summed E-state index contributed by atoms with van der Waals surface area (Å²) < 4.78 is 11.8. The fourth-order valence-electron chi connectivity index (χ4n) is 2.98. The van der Waals surface area contributed by atoms with Gasteiger partial charge < -0.3 is 13.6 Å². The molecule has 0 aliphatic carbocycles. The van der Waals surface area contributed by atoms with Crippen molar-refractivity contribution in [2.24, 2.45) is 0 Å². The lowest BCUT2D eigenvalue weighted by Gasteiger charge is -2.12. The first-order chi connectivity index (χ1) is 9.52. The topological polar surface area (TPSA) is 43.4 Å². The van der Waals surface area contributed by atoms with E-state index in [0.717, 1.165) is 50.9 Å². The number of carbonyl (C=O) groups excluding carboxylic acids is 1. The summed E-state index contributed by atoms with van der Waals surface area (Å²) >= 11 is 0. The highest BCUT2D eigenvalue weighted by Gasteiger charge is 2.21. The standard InChI is InChI=1S/C17H18O3/c1-9(5-6-18)15-14-8-11(3)19-16(14)12(4)13-7-10(2)20-17(13)15/h6-9H,5H2,1-4H3. The Morgan fingerprint density at radius 3 is 2.30 bits per heavy atom. The molecule has 2 heterocycles. The van der Waals surface area contributed by atoms with Crippen LogP contribution < -0.4 is 0 Å². The van der Waals surface area contributed by atoms with Crippen molar-refractivity contribution in [3.63, 3.8) is 0 Å². The minimum Gasteiger partial charge on any atom is -0.461 e. The molecule has 3 rings (SSSR count). The normalized spacial score (nSPS) is 13.2. The van der Waals surface area contributed by atoms with Crippen LogP contribution >= 0.6 is 0 Å². The van der Waals surface area contributed by atoms with Crippen LogP contribution in [0.2, 0.25) is 0 Å². The molecule has 1 aromatic carbocycles. The first-order valence-corrected chi connectivity index (χ1v) is 6.89. The van der Waals surface area contributed by atoms with Gasteiger partial charge in [0.1, 0.15) is 29.0 Å². The van der Waals surface area contributed by atoms with E-state index in [-0.39, 0.29) is 5.92 Å². The molecule has 3 heteroatoms. The van der Waals surface area contributed by atoms with Gasteiger partial charge in [0.25, 0.3) is 0 Å². The number of carbonyl (C=O) groups is 1. The Hall–Kier alpha value is -2.03. The highest BCUT2D eigenvalue weighted by Crippen LogP contribution is 2.40. The zero-order chi connectivity index (χ0) is 14.4. The van der Waals surface area contributed by atoms with Crippen molar-refractivity contribution in [3.8, 4) is 0 Å². The predicted octanol–water partition coefficient (Wildman–Crippen LogP) is 4.80. The van der Waals surface area contributed by atoms with E-state index in [2.05, 4.69) is 13.8 Å². The first kappa shape index (κ1) is 13.0. The molecule has 2 aromatic heterocycles. The van der Waals surface area contributed by atoms with E-state index < -0.39 is 0 Å². The van der Waals surface area contributed by atoms with Gasteiger partial charge in [0.2, 0.25) is 0 Å². The Morgan fingerprint density at radius 1 is 1.05 bits per heavy atom. The number of furan rings is 2. The summed E-state index contributed by atoms with van der Waals surface area (Å²) in [4.78, 5) is 10.9. The molecule has 0 saturated carbocycles. The fourth-order valence-corrected chi connectivity index (χ4v) is 2.98. The van der Waals surface area contributed by atoms with Crippen LogP contribution in [0, 0.1) is 20.8 Å². The third kappa shape index (κ3) is 1.77. The third-order valence-corrected chi connectivity index (χ3v) is 3.93. The summed E-state index contributed by atoms with van der Waals surface area (Å²) in [5, 5.41) is 2.15. The highest BCUT2D eigenvalue weighted by molar-refractivity contribution is 6.02. The van der Waals surface area contributed by atoms with Gasteiger partial charge in [-0.3, -0.25) is 0 Å². The second kappa shape index (κ2) is 4.51. The Labute approximate surface area is 117 Å². The molecule has 104 valence electrons. The molecule has 0 aliphatic heterocycles. The monoisotopic (exact) mass is 270 g/mol. The van der Waals surface area contributed by atoms with Gasteiger partial charge in [0.05, 0.1) is 0 Å². The van der Waals surface area contributed by atoms with E-state index in [9.17, 15) is 4.79 Å². The Morgan fingerprint density at radius 2 is 1.65 bits per heavy atom. The molecule has 0 radical (unpaired) electrons. The average molecular weight is 270 g/mol. The van der Waals surface area contributed by atoms with Crippen LogP contribution in [-0.4, -0.2) is 6.29 Å². The Balaban J connectivity index is 2.47. The molecular formula is C17H18O3. The molecule has 0 spiro atoms.